The Bertz CT molecular complexity index is 1450. The Morgan fingerprint density at radius 1 is 1.06 bits per heavy atom. The summed E-state index contributed by atoms with van der Waals surface area (Å²) in [5.41, 5.74) is 0.656. The predicted octanol–water partition coefficient (Wildman–Crippen LogP) is 4.08. The largest absolute Gasteiger partial charge is 0.338 e. The second-order valence-corrected chi connectivity index (χ2v) is 12.2. The SMILES string of the molecule is CCNC(=O)Nc1sc2ccccc2c1C(=O)N1CCC2(CC1)CC(=O)c1ccccc1S2(=O)=O. The highest BCUT2D eigenvalue weighted by atomic mass is 32.2. The molecule has 0 bridgehead atoms. The van der Waals surface area contributed by atoms with Gasteiger partial charge in [-0.2, -0.15) is 0 Å². The molecule has 35 heavy (non-hydrogen) atoms. The summed E-state index contributed by atoms with van der Waals surface area (Å²) in [6.07, 6.45) is 0.296. The van der Waals surface area contributed by atoms with E-state index in [-0.39, 0.29) is 54.5 Å². The number of Topliss-reactive ketones (excluding diaryl/α,β-unsaturated/α-hetero) is 1. The van der Waals surface area contributed by atoms with Crippen LogP contribution in [0.15, 0.2) is 53.4 Å². The number of fused-ring (bicyclic) bond motifs is 2. The zero-order valence-corrected chi connectivity index (χ0v) is 20.8. The number of benzene rings is 2. The van der Waals surface area contributed by atoms with Gasteiger partial charge in [-0.05, 0) is 31.9 Å². The molecule has 2 N–H and O–H groups in total. The van der Waals surface area contributed by atoms with Crippen LogP contribution in [0.1, 0.15) is 46.9 Å². The Kier molecular flexibility index (Phi) is 5.88. The van der Waals surface area contributed by atoms with Crippen molar-refractivity contribution in [2.24, 2.45) is 0 Å². The lowest BCUT2D eigenvalue weighted by Crippen LogP contribution is -2.53. The fourth-order valence-corrected chi connectivity index (χ4v) is 8.35. The summed E-state index contributed by atoms with van der Waals surface area (Å²) in [4.78, 5) is 40.4. The number of ketones is 1. The van der Waals surface area contributed by atoms with Gasteiger partial charge in [0.05, 0.1) is 15.2 Å². The van der Waals surface area contributed by atoms with Crippen molar-refractivity contribution in [2.45, 2.75) is 35.8 Å². The third-order valence-electron chi connectivity index (χ3n) is 6.87. The third kappa shape index (κ3) is 3.81. The van der Waals surface area contributed by atoms with Crippen LogP contribution in [0.4, 0.5) is 9.80 Å². The Labute approximate surface area is 207 Å². The van der Waals surface area contributed by atoms with Crippen LogP contribution in [-0.2, 0) is 9.84 Å². The maximum Gasteiger partial charge on any atom is 0.319 e. The molecule has 1 fully saturated rings. The third-order valence-corrected chi connectivity index (χ3v) is 10.6. The molecule has 0 aliphatic carbocycles. The molecule has 2 aliphatic heterocycles. The Balaban J connectivity index is 1.43. The summed E-state index contributed by atoms with van der Waals surface area (Å²) in [7, 11) is -3.73. The summed E-state index contributed by atoms with van der Waals surface area (Å²) >= 11 is 1.32. The monoisotopic (exact) mass is 511 g/mol. The van der Waals surface area contributed by atoms with Crippen LogP contribution in [0, 0.1) is 0 Å². The number of nitrogens with one attached hydrogen (secondary N) is 2. The number of anilines is 1. The van der Waals surface area contributed by atoms with Gasteiger partial charge in [0, 0.05) is 41.7 Å². The summed E-state index contributed by atoms with van der Waals surface area (Å²) in [6, 6.07) is 13.4. The average Bonchev–Trinajstić information content (AvgIpc) is 3.21. The van der Waals surface area contributed by atoms with Gasteiger partial charge in [-0.15, -0.1) is 11.3 Å². The number of rotatable bonds is 3. The van der Waals surface area contributed by atoms with E-state index in [1.165, 1.54) is 17.4 Å². The molecule has 1 aromatic heterocycles. The van der Waals surface area contributed by atoms with E-state index in [1.807, 2.05) is 31.2 Å². The number of hydrogen-bond acceptors (Lipinski definition) is 6. The maximum absolute atomic E-state index is 13.7. The zero-order chi connectivity index (χ0) is 24.8. The second kappa shape index (κ2) is 8.76. The van der Waals surface area contributed by atoms with E-state index in [4.69, 9.17) is 0 Å². The van der Waals surface area contributed by atoms with E-state index >= 15 is 0 Å². The first-order valence-corrected chi connectivity index (χ1v) is 13.8. The van der Waals surface area contributed by atoms with Crippen molar-refractivity contribution in [1.82, 2.24) is 10.2 Å². The molecule has 8 nitrogen and oxygen atoms in total. The molecule has 0 radical (unpaired) electrons. The smallest absolute Gasteiger partial charge is 0.319 e. The normalized spacial score (nSPS) is 18.3. The number of carbonyl (C=O) groups is 3. The van der Waals surface area contributed by atoms with Crippen LogP contribution in [0.2, 0.25) is 0 Å². The van der Waals surface area contributed by atoms with Crippen LogP contribution >= 0.6 is 11.3 Å². The van der Waals surface area contributed by atoms with Gasteiger partial charge in [0.15, 0.2) is 15.6 Å². The summed E-state index contributed by atoms with van der Waals surface area (Å²) in [6.45, 7) is 2.67. The van der Waals surface area contributed by atoms with Crippen molar-refractivity contribution < 1.29 is 22.8 Å². The fraction of sp³-hybridized carbons (Fsp3) is 0.320. The topological polar surface area (TPSA) is 113 Å². The first-order valence-electron chi connectivity index (χ1n) is 11.5. The molecule has 3 aromatic rings. The van der Waals surface area contributed by atoms with Crippen molar-refractivity contribution in [2.75, 3.05) is 25.0 Å². The molecule has 3 amide bonds. The highest BCUT2D eigenvalue weighted by molar-refractivity contribution is 7.93. The first-order chi connectivity index (χ1) is 16.8. The Morgan fingerprint density at radius 2 is 1.74 bits per heavy atom. The number of urea groups is 1. The van der Waals surface area contributed by atoms with Crippen molar-refractivity contribution in [1.29, 1.82) is 0 Å². The Morgan fingerprint density at radius 3 is 2.49 bits per heavy atom. The van der Waals surface area contributed by atoms with Gasteiger partial charge in [-0.1, -0.05) is 36.4 Å². The van der Waals surface area contributed by atoms with Crippen molar-refractivity contribution in [3.8, 4) is 0 Å². The van der Waals surface area contributed by atoms with E-state index in [0.29, 0.717) is 17.1 Å². The molecular weight excluding hydrogens is 486 g/mol. The molecule has 2 aliphatic rings. The van der Waals surface area contributed by atoms with Crippen molar-refractivity contribution in [3.63, 3.8) is 0 Å². The molecule has 0 atom stereocenters. The number of nitrogens with zero attached hydrogens (tertiary/aromatic N) is 1. The van der Waals surface area contributed by atoms with Gasteiger partial charge in [0.2, 0.25) is 0 Å². The molecule has 0 saturated carbocycles. The standard InChI is InChI=1S/C25H25N3O5S2/c1-2-26-24(31)27-22-21(17-8-3-5-9-19(17)34-22)23(30)28-13-11-25(12-14-28)15-18(29)16-7-4-6-10-20(16)35(25,32)33/h3-10H,2,11-15H2,1H3,(H2,26,27,31). The van der Waals surface area contributed by atoms with E-state index < -0.39 is 20.6 Å². The van der Waals surface area contributed by atoms with Gasteiger partial charge in [0.25, 0.3) is 5.91 Å². The van der Waals surface area contributed by atoms with E-state index in [9.17, 15) is 22.8 Å². The Hall–Kier alpha value is -3.24. The van der Waals surface area contributed by atoms with Crippen molar-refractivity contribution >= 4 is 54.0 Å². The van der Waals surface area contributed by atoms with Gasteiger partial charge < -0.3 is 10.2 Å². The fourth-order valence-electron chi connectivity index (χ4n) is 5.02. The average molecular weight is 512 g/mol. The zero-order valence-electron chi connectivity index (χ0n) is 19.2. The van der Waals surface area contributed by atoms with Gasteiger partial charge in [-0.25, -0.2) is 13.2 Å². The minimum atomic E-state index is -3.73. The summed E-state index contributed by atoms with van der Waals surface area (Å²) < 4.78 is 26.7. The lowest BCUT2D eigenvalue weighted by molar-refractivity contribution is 0.0694. The number of likely N-dealkylation sites (tertiary alicyclic amines) is 1. The van der Waals surface area contributed by atoms with Crippen LogP contribution in [-0.4, -0.2) is 55.4 Å². The lowest BCUT2D eigenvalue weighted by Gasteiger charge is -2.43. The molecule has 182 valence electrons. The summed E-state index contributed by atoms with van der Waals surface area (Å²) in [5, 5.41) is 6.66. The highest BCUT2D eigenvalue weighted by Crippen LogP contribution is 2.45. The molecule has 1 saturated heterocycles. The molecule has 0 unspecified atom stereocenters. The van der Waals surface area contributed by atoms with Crippen LogP contribution < -0.4 is 10.6 Å². The number of amides is 3. The molecule has 5 rings (SSSR count). The van der Waals surface area contributed by atoms with Crippen molar-refractivity contribution in [3.05, 3.63) is 59.7 Å². The van der Waals surface area contributed by atoms with E-state index in [2.05, 4.69) is 10.6 Å². The molecule has 10 heteroatoms. The minimum absolute atomic E-state index is 0.0697. The second-order valence-electron chi connectivity index (χ2n) is 8.86. The number of sulfone groups is 1. The van der Waals surface area contributed by atoms with Crippen LogP contribution in [0.3, 0.4) is 0 Å². The van der Waals surface area contributed by atoms with E-state index in [1.54, 1.807) is 23.1 Å². The highest BCUT2D eigenvalue weighted by Gasteiger charge is 2.52. The molecule has 1 spiro atoms. The maximum atomic E-state index is 13.7. The number of hydrogen-bond donors (Lipinski definition) is 2. The van der Waals surface area contributed by atoms with Gasteiger partial charge in [0.1, 0.15) is 5.00 Å². The number of piperidine rings is 1. The van der Waals surface area contributed by atoms with E-state index in [0.717, 1.165) is 10.1 Å². The first kappa shape index (κ1) is 23.5. The van der Waals surface area contributed by atoms with Crippen LogP contribution in [0.5, 0.6) is 0 Å². The van der Waals surface area contributed by atoms with Gasteiger partial charge >= 0.3 is 6.03 Å². The molecular formula is C25H25N3O5S2. The van der Waals surface area contributed by atoms with Gasteiger partial charge in [-0.3, -0.25) is 14.9 Å². The number of thiophene rings is 1. The molecule has 2 aromatic carbocycles. The lowest BCUT2D eigenvalue weighted by atomic mass is 9.87. The van der Waals surface area contributed by atoms with Crippen LogP contribution in [0.25, 0.3) is 10.1 Å². The minimum Gasteiger partial charge on any atom is -0.338 e. The predicted molar refractivity (Wildman–Crippen MR) is 135 cm³/mol. The molecule has 3 heterocycles. The number of carbonyl (C=O) groups excluding carboxylic acids is 3. The summed E-state index contributed by atoms with van der Waals surface area (Å²) in [5.74, 6) is -0.434. The quantitative estimate of drug-likeness (QED) is 0.550.